The van der Waals surface area contributed by atoms with Gasteiger partial charge in [0.15, 0.2) is 11.3 Å². The molecule has 0 aliphatic heterocycles. The van der Waals surface area contributed by atoms with Crippen molar-refractivity contribution < 1.29 is 0 Å². The van der Waals surface area contributed by atoms with E-state index in [9.17, 15) is 10.5 Å². The average molecular weight is 296 g/mol. The third-order valence-corrected chi connectivity index (χ3v) is 3.69. The highest BCUT2D eigenvalue weighted by molar-refractivity contribution is 5.45. The normalized spacial score (nSPS) is 10.1. The fourth-order valence-electron chi connectivity index (χ4n) is 2.38. The largest absolute Gasteiger partial charge is 0.196 e. The molecule has 0 amide bonds. The Kier molecular flexibility index (Phi) is 4.74. The van der Waals surface area contributed by atoms with Gasteiger partial charge in [-0.2, -0.15) is 21.0 Å². The van der Waals surface area contributed by atoms with E-state index in [1.54, 1.807) is 24.3 Å². The Morgan fingerprint density at radius 2 is 1.35 bits per heavy atom. The molecule has 0 saturated carbocycles. The zero-order valence-corrected chi connectivity index (χ0v) is 12.3. The molecule has 0 fully saturated rings. The molecule has 0 aliphatic carbocycles. The molecule has 2 rings (SSSR count). The van der Waals surface area contributed by atoms with E-state index in [0.717, 1.165) is 5.56 Å². The van der Waals surface area contributed by atoms with E-state index in [1.165, 1.54) is 0 Å². The fraction of sp³-hybridized carbons (Fsp3) is 0.158. The van der Waals surface area contributed by atoms with E-state index >= 15 is 0 Å². The number of rotatable bonds is 4. The average Bonchev–Trinajstić information content (AvgIpc) is 2.62. The van der Waals surface area contributed by atoms with Crippen molar-refractivity contribution in [1.82, 2.24) is 0 Å². The van der Waals surface area contributed by atoms with Crippen molar-refractivity contribution in [1.29, 1.82) is 21.0 Å². The fourth-order valence-corrected chi connectivity index (χ4v) is 2.38. The van der Waals surface area contributed by atoms with Crippen LogP contribution in [0.5, 0.6) is 0 Å². The van der Waals surface area contributed by atoms with Crippen LogP contribution in [0.1, 0.15) is 22.6 Å². The maximum atomic E-state index is 9.58. The van der Waals surface area contributed by atoms with Crippen LogP contribution >= 0.6 is 0 Å². The van der Waals surface area contributed by atoms with E-state index in [1.807, 2.05) is 42.5 Å². The Hall–Kier alpha value is -3.60. The van der Waals surface area contributed by atoms with Crippen molar-refractivity contribution >= 4 is 0 Å². The highest BCUT2D eigenvalue weighted by Gasteiger charge is 2.33. The molecule has 0 radical (unpaired) electrons. The monoisotopic (exact) mass is 296 g/mol. The molecule has 0 bridgehead atoms. The van der Waals surface area contributed by atoms with Gasteiger partial charge in [-0.25, -0.2) is 0 Å². The van der Waals surface area contributed by atoms with E-state index < -0.39 is 11.3 Å². The molecular weight excluding hydrogens is 284 g/mol. The Morgan fingerprint density at radius 1 is 0.783 bits per heavy atom. The maximum absolute atomic E-state index is 9.58. The van der Waals surface area contributed by atoms with Gasteiger partial charge in [0.05, 0.1) is 24.3 Å². The molecule has 0 unspecified atom stereocenters. The number of hydrogen-bond donors (Lipinski definition) is 0. The second-order valence-electron chi connectivity index (χ2n) is 5.10. The minimum atomic E-state index is -1.30. The molecular formula is C19H12N4. The zero-order chi connectivity index (χ0) is 16.7. The Bertz CT molecular complexity index is 812. The van der Waals surface area contributed by atoms with Crippen molar-refractivity contribution in [3.05, 3.63) is 71.3 Å². The summed E-state index contributed by atoms with van der Waals surface area (Å²) in [5.41, 5.74) is 0.717. The lowest BCUT2D eigenvalue weighted by Crippen LogP contribution is -2.25. The highest BCUT2D eigenvalue weighted by atomic mass is 14.4. The van der Waals surface area contributed by atoms with Crippen molar-refractivity contribution in [2.24, 2.45) is 0 Å². The van der Waals surface area contributed by atoms with Crippen LogP contribution in [-0.2, 0) is 11.8 Å². The molecule has 0 aliphatic rings. The Labute approximate surface area is 135 Å². The first kappa shape index (κ1) is 15.8. The second-order valence-corrected chi connectivity index (χ2v) is 5.10. The predicted molar refractivity (Wildman–Crippen MR) is 83.5 cm³/mol. The molecule has 108 valence electrons. The molecule has 0 heterocycles. The maximum Gasteiger partial charge on any atom is 0.172 e. The number of nitriles is 4. The van der Waals surface area contributed by atoms with Crippen LogP contribution in [0, 0.1) is 45.3 Å². The van der Waals surface area contributed by atoms with E-state index in [-0.39, 0.29) is 6.42 Å². The minimum Gasteiger partial charge on any atom is -0.196 e. The Balaban J connectivity index is 2.40. The summed E-state index contributed by atoms with van der Waals surface area (Å²) in [5, 5.41) is 37.0. The second kappa shape index (κ2) is 6.91. The van der Waals surface area contributed by atoms with Crippen LogP contribution in [0.3, 0.4) is 0 Å². The number of benzene rings is 2. The molecule has 4 nitrogen and oxygen atoms in total. The molecule has 2 aromatic rings. The minimum absolute atomic E-state index is 0.278. The van der Waals surface area contributed by atoms with Gasteiger partial charge in [0.2, 0.25) is 0 Å². The topological polar surface area (TPSA) is 95.2 Å². The van der Waals surface area contributed by atoms with Gasteiger partial charge >= 0.3 is 0 Å². The lowest BCUT2D eigenvalue weighted by atomic mass is 9.77. The molecule has 4 heteroatoms. The lowest BCUT2D eigenvalue weighted by Gasteiger charge is -2.19. The number of hydrogen-bond acceptors (Lipinski definition) is 4. The van der Waals surface area contributed by atoms with E-state index in [0.29, 0.717) is 11.1 Å². The highest BCUT2D eigenvalue weighted by Crippen LogP contribution is 2.29. The quantitative estimate of drug-likeness (QED) is 0.864. The van der Waals surface area contributed by atoms with E-state index in [2.05, 4.69) is 12.1 Å². The molecule has 0 saturated heterocycles. The summed E-state index contributed by atoms with van der Waals surface area (Å²) in [4.78, 5) is 0. The van der Waals surface area contributed by atoms with Gasteiger partial charge in [0, 0.05) is 6.42 Å². The molecule has 0 spiro atoms. The summed E-state index contributed by atoms with van der Waals surface area (Å²) in [5.74, 6) is -0.850. The van der Waals surface area contributed by atoms with Gasteiger partial charge in [0.1, 0.15) is 0 Å². The van der Waals surface area contributed by atoms with Crippen molar-refractivity contribution in [2.75, 3.05) is 0 Å². The van der Waals surface area contributed by atoms with Gasteiger partial charge in [-0.15, -0.1) is 0 Å². The van der Waals surface area contributed by atoms with E-state index in [4.69, 9.17) is 10.5 Å². The van der Waals surface area contributed by atoms with Crippen LogP contribution < -0.4 is 0 Å². The zero-order valence-electron chi connectivity index (χ0n) is 12.3. The van der Waals surface area contributed by atoms with Crippen LogP contribution in [0.2, 0.25) is 0 Å². The molecule has 23 heavy (non-hydrogen) atoms. The van der Waals surface area contributed by atoms with Gasteiger partial charge in [-0.3, -0.25) is 0 Å². The van der Waals surface area contributed by atoms with Crippen molar-refractivity contribution in [3.63, 3.8) is 0 Å². The molecule has 0 atom stereocenters. The first-order valence-electron chi connectivity index (χ1n) is 6.95. The predicted octanol–water partition coefficient (Wildman–Crippen LogP) is 3.35. The third kappa shape index (κ3) is 3.19. The van der Waals surface area contributed by atoms with Crippen LogP contribution in [0.25, 0.3) is 0 Å². The summed E-state index contributed by atoms with van der Waals surface area (Å²) >= 11 is 0. The van der Waals surface area contributed by atoms with Crippen LogP contribution in [-0.4, -0.2) is 0 Å². The van der Waals surface area contributed by atoms with Gasteiger partial charge in [-0.05, 0) is 16.7 Å². The first-order chi connectivity index (χ1) is 11.2. The summed E-state index contributed by atoms with van der Waals surface area (Å²) in [6.07, 6.45) is 0.278. The van der Waals surface area contributed by atoms with Crippen LogP contribution in [0.4, 0.5) is 0 Å². The van der Waals surface area contributed by atoms with Crippen LogP contribution in [0.15, 0.2) is 54.6 Å². The molecule has 0 aromatic heterocycles. The first-order valence-corrected chi connectivity index (χ1v) is 6.95. The van der Waals surface area contributed by atoms with Gasteiger partial charge < -0.3 is 0 Å². The smallest absolute Gasteiger partial charge is 0.172 e. The van der Waals surface area contributed by atoms with Gasteiger partial charge in [-0.1, -0.05) is 54.6 Å². The summed E-state index contributed by atoms with van der Waals surface area (Å²) < 4.78 is 0. The lowest BCUT2D eigenvalue weighted by molar-refractivity contribution is 0.694. The van der Waals surface area contributed by atoms with Crippen molar-refractivity contribution in [3.8, 4) is 24.3 Å². The molecule has 2 aromatic carbocycles. The standard InChI is InChI=1S/C19H12N4/c20-11-17(12-21)16-6-8-18(9-7-16)19(13-22,14-23)10-15-4-2-1-3-5-15/h1-9,17H,10H2. The third-order valence-electron chi connectivity index (χ3n) is 3.69. The Morgan fingerprint density at radius 3 is 1.83 bits per heavy atom. The summed E-state index contributed by atoms with van der Waals surface area (Å²) in [6, 6.07) is 23.9. The summed E-state index contributed by atoms with van der Waals surface area (Å²) in [6.45, 7) is 0. The van der Waals surface area contributed by atoms with Crippen molar-refractivity contribution in [2.45, 2.75) is 17.8 Å². The van der Waals surface area contributed by atoms with Gasteiger partial charge in [0.25, 0.3) is 0 Å². The SMILES string of the molecule is N#CC(C#N)c1ccc(C(C#N)(C#N)Cc2ccccc2)cc1. The molecule has 0 N–H and O–H groups in total. The number of nitrogens with zero attached hydrogens (tertiary/aromatic N) is 4. The summed E-state index contributed by atoms with van der Waals surface area (Å²) in [7, 11) is 0.